The summed E-state index contributed by atoms with van der Waals surface area (Å²) in [6.07, 6.45) is 0.969. The molecule has 2 nitrogen and oxygen atoms in total. The molecular weight excluding hydrogens is 373 g/mol. The molecule has 0 aromatic heterocycles. The number of carbonyl (C=O) groups is 1. The van der Waals surface area contributed by atoms with Crippen molar-refractivity contribution in [3.05, 3.63) is 62.2 Å². The topological polar surface area (TPSA) is 29.1 Å². The lowest BCUT2D eigenvalue weighted by Crippen LogP contribution is -2.12. The van der Waals surface area contributed by atoms with Crippen molar-refractivity contribution in [2.75, 3.05) is 5.32 Å². The first-order valence-corrected chi connectivity index (χ1v) is 7.41. The van der Waals surface area contributed by atoms with Gasteiger partial charge in [0.1, 0.15) is 0 Å². The molecule has 2 aromatic rings. The zero-order valence-corrected chi connectivity index (χ0v) is 13.3. The van der Waals surface area contributed by atoms with E-state index in [4.69, 9.17) is 11.6 Å². The van der Waals surface area contributed by atoms with E-state index in [1.165, 1.54) is 5.56 Å². The van der Waals surface area contributed by atoms with Crippen molar-refractivity contribution in [1.29, 1.82) is 0 Å². The van der Waals surface area contributed by atoms with Crippen LogP contribution < -0.4 is 5.32 Å². The van der Waals surface area contributed by atoms with Crippen LogP contribution in [0.15, 0.2) is 42.5 Å². The largest absolute Gasteiger partial charge is 0.321 e. The van der Waals surface area contributed by atoms with Crippen LogP contribution in [-0.2, 0) is 6.42 Å². The van der Waals surface area contributed by atoms with E-state index in [9.17, 15) is 4.79 Å². The molecule has 0 unspecified atom stereocenters. The molecule has 98 valence electrons. The van der Waals surface area contributed by atoms with E-state index in [1.54, 1.807) is 6.07 Å². The Bertz CT molecular complexity index is 596. The van der Waals surface area contributed by atoms with Gasteiger partial charge in [-0.25, -0.2) is 0 Å². The van der Waals surface area contributed by atoms with E-state index in [2.05, 4.69) is 34.8 Å². The van der Waals surface area contributed by atoms with Gasteiger partial charge in [-0.05, 0) is 64.9 Å². The molecular formula is C15H13ClINO. The molecule has 0 aliphatic carbocycles. The van der Waals surface area contributed by atoms with Crippen molar-refractivity contribution in [3.63, 3.8) is 0 Å². The third kappa shape index (κ3) is 3.70. The summed E-state index contributed by atoms with van der Waals surface area (Å²) in [6.45, 7) is 2.09. The lowest BCUT2D eigenvalue weighted by Gasteiger charge is -2.08. The third-order valence-electron chi connectivity index (χ3n) is 2.80. The van der Waals surface area contributed by atoms with Crippen LogP contribution in [0.3, 0.4) is 0 Å². The number of halogens is 2. The summed E-state index contributed by atoms with van der Waals surface area (Å²) in [5.74, 6) is -0.108. The molecule has 0 aliphatic rings. The minimum Gasteiger partial charge on any atom is -0.321 e. The zero-order valence-electron chi connectivity index (χ0n) is 10.4. The minimum atomic E-state index is -0.108. The Labute approximate surface area is 131 Å². The highest BCUT2D eigenvalue weighted by Crippen LogP contribution is 2.22. The van der Waals surface area contributed by atoms with Crippen LogP contribution in [0.1, 0.15) is 22.8 Å². The van der Waals surface area contributed by atoms with Crippen molar-refractivity contribution in [2.24, 2.45) is 0 Å². The fourth-order valence-corrected chi connectivity index (χ4v) is 2.68. The third-order valence-corrected chi connectivity index (χ3v) is 3.93. The number of anilines is 1. The Morgan fingerprint density at radius 1 is 1.21 bits per heavy atom. The van der Waals surface area contributed by atoms with Crippen LogP contribution in [-0.4, -0.2) is 5.91 Å². The first-order chi connectivity index (χ1) is 9.10. The molecule has 2 rings (SSSR count). The number of amides is 1. The molecule has 4 heteroatoms. The summed E-state index contributed by atoms with van der Waals surface area (Å²) < 4.78 is 0.920. The quantitative estimate of drug-likeness (QED) is 0.758. The lowest BCUT2D eigenvalue weighted by atomic mass is 10.1. The van der Waals surface area contributed by atoms with Crippen molar-refractivity contribution in [3.8, 4) is 0 Å². The molecule has 0 aliphatic heterocycles. The Morgan fingerprint density at radius 2 is 1.89 bits per heavy atom. The number of hydrogen-bond donors (Lipinski definition) is 1. The molecule has 0 heterocycles. The molecule has 0 atom stereocenters. The van der Waals surface area contributed by atoms with E-state index in [-0.39, 0.29) is 5.91 Å². The van der Waals surface area contributed by atoms with Gasteiger partial charge in [0.2, 0.25) is 0 Å². The summed E-state index contributed by atoms with van der Waals surface area (Å²) in [5.41, 5.74) is 2.65. The SMILES string of the molecule is CCc1ccc(C(=O)Nc2ccc(Cl)cc2I)cc1. The van der Waals surface area contributed by atoms with Gasteiger partial charge in [-0.15, -0.1) is 0 Å². The van der Waals surface area contributed by atoms with Gasteiger partial charge < -0.3 is 5.32 Å². The van der Waals surface area contributed by atoms with Crippen LogP contribution in [0.25, 0.3) is 0 Å². The maximum atomic E-state index is 12.1. The van der Waals surface area contributed by atoms with E-state index in [1.807, 2.05) is 36.4 Å². The molecule has 1 N–H and O–H groups in total. The summed E-state index contributed by atoms with van der Waals surface area (Å²) in [7, 11) is 0. The number of rotatable bonds is 3. The predicted octanol–water partition coefficient (Wildman–Crippen LogP) is 4.76. The average molecular weight is 386 g/mol. The Balaban J connectivity index is 2.15. The number of benzene rings is 2. The molecule has 2 aromatic carbocycles. The second-order valence-electron chi connectivity index (χ2n) is 4.13. The standard InChI is InChI=1S/C15H13ClINO/c1-2-10-3-5-11(6-4-10)15(19)18-14-8-7-12(16)9-13(14)17/h3-9H,2H2,1H3,(H,18,19). The number of nitrogens with one attached hydrogen (secondary N) is 1. The number of hydrogen-bond acceptors (Lipinski definition) is 1. The maximum absolute atomic E-state index is 12.1. The minimum absolute atomic E-state index is 0.108. The molecule has 19 heavy (non-hydrogen) atoms. The van der Waals surface area contributed by atoms with Crippen molar-refractivity contribution < 1.29 is 4.79 Å². The first kappa shape index (κ1) is 14.3. The molecule has 0 saturated carbocycles. The summed E-state index contributed by atoms with van der Waals surface area (Å²) in [5, 5.41) is 3.55. The fourth-order valence-electron chi connectivity index (χ4n) is 1.68. The van der Waals surface area contributed by atoms with Gasteiger partial charge in [0, 0.05) is 14.2 Å². The van der Waals surface area contributed by atoms with Gasteiger partial charge >= 0.3 is 0 Å². The van der Waals surface area contributed by atoms with E-state index in [0.717, 1.165) is 15.7 Å². The second-order valence-corrected chi connectivity index (χ2v) is 5.73. The monoisotopic (exact) mass is 385 g/mol. The maximum Gasteiger partial charge on any atom is 0.255 e. The van der Waals surface area contributed by atoms with Crippen molar-refractivity contribution >= 4 is 45.8 Å². The molecule has 0 bridgehead atoms. The van der Waals surface area contributed by atoms with Gasteiger partial charge in [0.25, 0.3) is 5.91 Å². The van der Waals surface area contributed by atoms with Gasteiger partial charge in [0.05, 0.1) is 5.69 Å². The highest BCUT2D eigenvalue weighted by Gasteiger charge is 2.08. The van der Waals surface area contributed by atoms with E-state index < -0.39 is 0 Å². The highest BCUT2D eigenvalue weighted by molar-refractivity contribution is 14.1. The van der Waals surface area contributed by atoms with Crippen molar-refractivity contribution in [1.82, 2.24) is 0 Å². The van der Waals surface area contributed by atoms with E-state index in [0.29, 0.717) is 10.6 Å². The second kappa shape index (κ2) is 6.39. The Kier molecular flexibility index (Phi) is 4.82. The van der Waals surface area contributed by atoms with Crippen LogP contribution >= 0.6 is 34.2 Å². The summed E-state index contributed by atoms with van der Waals surface area (Å²) in [6, 6.07) is 13.0. The lowest BCUT2D eigenvalue weighted by molar-refractivity contribution is 0.102. The summed E-state index contributed by atoms with van der Waals surface area (Å²) >= 11 is 8.04. The van der Waals surface area contributed by atoms with Crippen LogP contribution in [0.2, 0.25) is 5.02 Å². The van der Waals surface area contributed by atoms with Crippen LogP contribution in [0, 0.1) is 3.57 Å². The number of aryl methyl sites for hydroxylation is 1. The van der Waals surface area contributed by atoms with Gasteiger partial charge in [0.15, 0.2) is 0 Å². The zero-order chi connectivity index (χ0) is 13.8. The van der Waals surface area contributed by atoms with E-state index >= 15 is 0 Å². The highest BCUT2D eigenvalue weighted by atomic mass is 127. The average Bonchev–Trinajstić information content (AvgIpc) is 2.42. The van der Waals surface area contributed by atoms with Crippen LogP contribution in [0.4, 0.5) is 5.69 Å². The van der Waals surface area contributed by atoms with Crippen LogP contribution in [0.5, 0.6) is 0 Å². The Hall–Kier alpha value is -1.07. The Morgan fingerprint density at radius 3 is 2.47 bits per heavy atom. The van der Waals surface area contributed by atoms with Crippen molar-refractivity contribution in [2.45, 2.75) is 13.3 Å². The predicted molar refractivity (Wildman–Crippen MR) is 87.9 cm³/mol. The number of carbonyl (C=O) groups excluding carboxylic acids is 1. The smallest absolute Gasteiger partial charge is 0.255 e. The fraction of sp³-hybridized carbons (Fsp3) is 0.133. The first-order valence-electron chi connectivity index (χ1n) is 5.95. The molecule has 0 spiro atoms. The normalized spacial score (nSPS) is 10.3. The van der Waals surface area contributed by atoms with Gasteiger partial charge in [-0.2, -0.15) is 0 Å². The molecule has 1 amide bonds. The van der Waals surface area contributed by atoms with Gasteiger partial charge in [-0.3, -0.25) is 4.79 Å². The van der Waals surface area contributed by atoms with Gasteiger partial charge in [-0.1, -0.05) is 30.7 Å². The molecule has 0 radical (unpaired) electrons. The molecule has 0 saturated heterocycles. The molecule has 0 fully saturated rings. The summed E-state index contributed by atoms with van der Waals surface area (Å²) in [4.78, 5) is 12.1.